The highest BCUT2D eigenvalue weighted by atomic mass is 15.0. The Bertz CT molecular complexity index is 217. The molecule has 0 aliphatic heterocycles. The number of aromatic amines is 1. The lowest BCUT2D eigenvalue weighted by Gasteiger charge is -1.95. The van der Waals surface area contributed by atoms with Crippen LogP contribution in [0.15, 0.2) is 6.20 Å². The first-order chi connectivity index (χ1) is 5.83. The zero-order valence-electron chi connectivity index (χ0n) is 7.64. The summed E-state index contributed by atoms with van der Waals surface area (Å²) in [5.74, 6) is 0.528. The Hall–Kier alpha value is -0.990. The molecule has 0 unspecified atom stereocenters. The van der Waals surface area contributed by atoms with Gasteiger partial charge in [0.1, 0.15) is 0 Å². The van der Waals surface area contributed by atoms with Gasteiger partial charge in [-0.2, -0.15) is 0 Å². The summed E-state index contributed by atoms with van der Waals surface area (Å²) in [5.41, 5.74) is 6.53. The highest BCUT2D eigenvalue weighted by Gasteiger charge is 1.96. The largest absolute Gasteiger partial charge is 0.369 e. The Morgan fingerprint density at radius 2 is 2.25 bits per heavy atom. The van der Waals surface area contributed by atoms with Crippen LogP contribution in [0.5, 0.6) is 0 Å². The number of nitrogens with zero attached hydrogens (tertiary/aromatic N) is 1. The van der Waals surface area contributed by atoms with Gasteiger partial charge >= 0.3 is 0 Å². The summed E-state index contributed by atoms with van der Waals surface area (Å²) < 4.78 is 0. The minimum atomic E-state index is 0.528. The van der Waals surface area contributed by atoms with Crippen molar-refractivity contribution in [3.05, 3.63) is 11.9 Å². The number of nitrogens with one attached hydrogen (secondary N) is 1. The number of nitrogens with two attached hydrogens (primary N) is 1. The molecule has 0 amide bonds. The fourth-order valence-corrected chi connectivity index (χ4v) is 1.24. The second kappa shape index (κ2) is 4.80. The summed E-state index contributed by atoms with van der Waals surface area (Å²) in [6.45, 7) is 2.21. The van der Waals surface area contributed by atoms with Crippen molar-refractivity contribution in [3.63, 3.8) is 0 Å². The van der Waals surface area contributed by atoms with E-state index in [1.807, 2.05) is 6.20 Å². The maximum Gasteiger partial charge on any atom is 0.197 e. The maximum atomic E-state index is 5.44. The molecule has 0 aliphatic carbocycles. The Balaban J connectivity index is 2.15. The van der Waals surface area contributed by atoms with Gasteiger partial charge in [-0.1, -0.05) is 26.2 Å². The predicted octanol–water partition coefficient (Wildman–Crippen LogP) is 2.11. The first-order valence-corrected chi connectivity index (χ1v) is 4.62. The van der Waals surface area contributed by atoms with Gasteiger partial charge < -0.3 is 10.7 Å². The van der Waals surface area contributed by atoms with Crippen LogP contribution in [0.4, 0.5) is 5.95 Å². The standard InChI is InChI=1S/C9H17N3/c1-2-3-4-5-6-8-7-11-9(10)12-8/h7H,2-6H2,1H3,(H3,10,11,12). The van der Waals surface area contributed by atoms with Crippen LogP contribution in [0.25, 0.3) is 0 Å². The van der Waals surface area contributed by atoms with Crippen molar-refractivity contribution in [2.75, 3.05) is 5.73 Å². The van der Waals surface area contributed by atoms with Crippen LogP contribution in [-0.2, 0) is 6.42 Å². The minimum absolute atomic E-state index is 0.528. The van der Waals surface area contributed by atoms with Crippen LogP contribution in [0, 0.1) is 0 Å². The number of imidazole rings is 1. The van der Waals surface area contributed by atoms with Crippen molar-refractivity contribution in [1.29, 1.82) is 0 Å². The van der Waals surface area contributed by atoms with Crippen molar-refractivity contribution in [1.82, 2.24) is 9.97 Å². The van der Waals surface area contributed by atoms with Gasteiger partial charge in [-0.15, -0.1) is 0 Å². The van der Waals surface area contributed by atoms with E-state index in [1.54, 1.807) is 0 Å². The average Bonchev–Trinajstić information content (AvgIpc) is 2.45. The molecule has 0 saturated heterocycles. The third kappa shape index (κ3) is 2.95. The summed E-state index contributed by atoms with van der Waals surface area (Å²) in [4.78, 5) is 7.01. The Labute approximate surface area is 73.4 Å². The second-order valence-electron chi connectivity index (χ2n) is 3.09. The minimum Gasteiger partial charge on any atom is -0.369 e. The Kier molecular flexibility index (Phi) is 3.64. The van der Waals surface area contributed by atoms with Gasteiger partial charge in [0.2, 0.25) is 0 Å². The number of H-pyrrole nitrogens is 1. The number of anilines is 1. The van der Waals surface area contributed by atoms with Gasteiger partial charge in [0.25, 0.3) is 0 Å². The molecule has 12 heavy (non-hydrogen) atoms. The van der Waals surface area contributed by atoms with E-state index < -0.39 is 0 Å². The van der Waals surface area contributed by atoms with Gasteiger partial charge in [0.15, 0.2) is 5.95 Å². The van der Waals surface area contributed by atoms with E-state index >= 15 is 0 Å². The lowest BCUT2D eigenvalue weighted by Crippen LogP contribution is -1.88. The molecule has 0 fully saturated rings. The molecule has 1 heterocycles. The summed E-state index contributed by atoms with van der Waals surface area (Å²) >= 11 is 0. The fourth-order valence-electron chi connectivity index (χ4n) is 1.24. The maximum absolute atomic E-state index is 5.44. The zero-order chi connectivity index (χ0) is 8.81. The third-order valence-corrected chi connectivity index (χ3v) is 1.94. The molecule has 3 N–H and O–H groups in total. The lowest BCUT2D eigenvalue weighted by atomic mass is 10.1. The second-order valence-corrected chi connectivity index (χ2v) is 3.09. The molecular formula is C9H17N3. The number of nitrogen functional groups attached to an aromatic ring is 1. The van der Waals surface area contributed by atoms with Gasteiger partial charge in [-0.3, -0.25) is 0 Å². The number of aromatic nitrogens is 2. The molecule has 3 heteroatoms. The predicted molar refractivity (Wildman–Crippen MR) is 50.8 cm³/mol. The fraction of sp³-hybridized carbons (Fsp3) is 0.667. The molecule has 0 aliphatic rings. The van der Waals surface area contributed by atoms with Gasteiger partial charge in [0, 0.05) is 6.20 Å². The molecule has 1 rings (SSSR count). The van der Waals surface area contributed by atoms with Crippen molar-refractivity contribution in [2.24, 2.45) is 0 Å². The molecule has 0 spiro atoms. The third-order valence-electron chi connectivity index (χ3n) is 1.94. The van der Waals surface area contributed by atoms with E-state index in [9.17, 15) is 0 Å². The summed E-state index contributed by atoms with van der Waals surface area (Å²) in [5, 5.41) is 0. The monoisotopic (exact) mass is 167 g/mol. The quantitative estimate of drug-likeness (QED) is 0.660. The van der Waals surface area contributed by atoms with E-state index in [1.165, 1.54) is 25.7 Å². The van der Waals surface area contributed by atoms with Crippen LogP contribution in [0.3, 0.4) is 0 Å². The van der Waals surface area contributed by atoms with Crippen LogP contribution >= 0.6 is 0 Å². The molecule has 0 atom stereocenters. The highest BCUT2D eigenvalue weighted by molar-refractivity contribution is 5.18. The smallest absolute Gasteiger partial charge is 0.197 e. The van der Waals surface area contributed by atoms with Crippen LogP contribution < -0.4 is 5.73 Å². The number of hydrogen-bond acceptors (Lipinski definition) is 2. The molecule has 0 radical (unpaired) electrons. The van der Waals surface area contributed by atoms with Crippen molar-refractivity contribution < 1.29 is 0 Å². The first kappa shape index (κ1) is 9.10. The molecule has 1 aromatic heterocycles. The zero-order valence-corrected chi connectivity index (χ0v) is 7.64. The van der Waals surface area contributed by atoms with Crippen LogP contribution in [0.2, 0.25) is 0 Å². The van der Waals surface area contributed by atoms with Crippen molar-refractivity contribution in [2.45, 2.75) is 39.0 Å². The van der Waals surface area contributed by atoms with E-state index in [4.69, 9.17) is 5.73 Å². The molecule has 68 valence electrons. The van der Waals surface area contributed by atoms with Crippen molar-refractivity contribution >= 4 is 5.95 Å². The first-order valence-electron chi connectivity index (χ1n) is 4.62. The molecule has 0 bridgehead atoms. The van der Waals surface area contributed by atoms with Crippen LogP contribution in [-0.4, -0.2) is 9.97 Å². The molecule has 0 saturated carbocycles. The van der Waals surface area contributed by atoms with E-state index in [0.717, 1.165) is 12.1 Å². The van der Waals surface area contributed by atoms with Crippen molar-refractivity contribution in [3.8, 4) is 0 Å². The highest BCUT2D eigenvalue weighted by Crippen LogP contribution is 2.06. The number of unbranched alkanes of at least 4 members (excludes halogenated alkanes) is 3. The molecule has 1 aromatic rings. The number of rotatable bonds is 5. The van der Waals surface area contributed by atoms with E-state index in [-0.39, 0.29) is 0 Å². The Morgan fingerprint density at radius 1 is 1.42 bits per heavy atom. The topological polar surface area (TPSA) is 54.7 Å². The molecule has 3 nitrogen and oxygen atoms in total. The SMILES string of the molecule is CCCCCCc1c[nH]c(N)n1. The molecular weight excluding hydrogens is 150 g/mol. The summed E-state index contributed by atoms with van der Waals surface area (Å²) in [7, 11) is 0. The Morgan fingerprint density at radius 3 is 2.83 bits per heavy atom. The van der Waals surface area contributed by atoms with Crippen LogP contribution in [0.1, 0.15) is 38.3 Å². The van der Waals surface area contributed by atoms with E-state index in [2.05, 4.69) is 16.9 Å². The number of hydrogen-bond donors (Lipinski definition) is 2. The van der Waals surface area contributed by atoms with Gasteiger partial charge in [-0.05, 0) is 12.8 Å². The lowest BCUT2D eigenvalue weighted by molar-refractivity contribution is 0.662. The van der Waals surface area contributed by atoms with Gasteiger partial charge in [0.05, 0.1) is 5.69 Å². The summed E-state index contributed by atoms with van der Waals surface area (Å²) in [6.07, 6.45) is 8.05. The van der Waals surface area contributed by atoms with Gasteiger partial charge in [-0.25, -0.2) is 4.98 Å². The van der Waals surface area contributed by atoms with E-state index in [0.29, 0.717) is 5.95 Å². The normalized spacial score (nSPS) is 10.4. The average molecular weight is 167 g/mol. The molecule has 0 aromatic carbocycles. The summed E-state index contributed by atoms with van der Waals surface area (Å²) in [6, 6.07) is 0. The number of aryl methyl sites for hydroxylation is 1.